The normalized spacial score (nSPS) is 13.3. The second-order valence-corrected chi connectivity index (χ2v) is 20.0. The third-order valence-electron chi connectivity index (χ3n) is 13.4. The molecule has 1 amide bonds. The molecule has 0 fully saturated rings. The highest BCUT2D eigenvalue weighted by molar-refractivity contribution is 5.76. The van der Waals surface area contributed by atoms with Crippen molar-refractivity contribution in [3.05, 3.63) is 72.9 Å². The fourth-order valence-electron chi connectivity index (χ4n) is 8.87. The zero-order valence-corrected chi connectivity index (χ0v) is 44.9. The summed E-state index contributed by atoms with van der Waals surface area (Å²) < 4.78 is 0. The molecular weight excluding hydrogens is 819 g/mol. The Morgan fingerprint density at radius 2 is 0.627 bits per heavy atom. The first-order valence-electron chi connectivity index (χ1n) is 29.7. The summed E-state index contributed by atoms with van der Waals surface area (Å²) in [6, 6.07) is -0.648. The Morgan fingerprint density at radius 1 is 0.358 bits per heavy atom. The lowest BCUT2D eigenvalue weighted by Gasteiger charge is -2.19. The van der Waals surface area contributed by atoms with E-state index < -0.39 is 12.1 Å². The van der Waals surface area contributed by atoms with Crippen molar-refractivity contribution >= 4 is 5.91 Å². The van der Waals surface area contributed by atoms with Crippen LogP contribution in [-0.4, -0.2) is 34.9 Å². The first-order valence-corrected chi connectivity index (χ1v) is 29.7. The number of unbranched alkanes of at least 4 members (excludes halogenated alkanes) is 37. The molecule has 2 unspecified atom stereocenters. The summed E-state index contributed by atoms with van der Waals surface area (Å²) in [5.74, 6) is -0.0753. The van der Waals surface area contributed by atoms with Gasteiger partial charge in [-0.2, -0.15) is 0 Å². The van der Waals surface area contributed by atoms with Gasteiger partial charge in [0.15, 0.2) is 0 Å². The lowest BCUT2D eigenvalue weighted by atomic mass is 10.0. The molecule has 0 spiro atoms. The molecule has 0 bridgehead atoms. The summed E-state index contributed by atoms with van der Waals surface area (Å²) in [6.07, 6.45) is 83.6. The van der Waals surface area contributed by atoms with Gasteiger partial charge >= 0.3 is 0 Å². The van der Waals surface area contributed by atoms with Crippen LogP contribution in [0.5, 0.6) is 0 Å². The number of hydrogen-bond donors (Lipinski definition) is 3. The highest BCUT2D eigenvalue weighted by Crippen LogP contribution is 2.16. The quantitative estimate of drug-likeness (QED) is 0.0420. The van der Waals surface area contributed by atoms with Crippen LogP contribution in [0.2, 0.25) is 0 Å². The van der Waals surface area contributed by atoms with E-state index in [2.05, 4.69) is 79.9 Å². The minimum Gasteiger partial charge on any atom is -0.394 e. The van der Waals surface area contributed by atoms with Crippen molar-refractivity contribution in [3.63, 3.8) is 0 Å². The smallest absolute Gasteiger partial charge is 0.220 e. The molecule has 67 heavy (non-hydrogen) atoms. The van der Waals surface area contributed by atoms with Gasteiger partial charge in [0, 0.05) is 6.42 Å². The van der Waals surface area contributed by atoms with E-state index in [9.17, 15) is 15.0 Å². The van der Waals surface area contributed by atoms with Crippen LogP contribution in [0.3, 0.4) is 0 Å². The third-order valence-corrected chi connectivity index (χ3v) is 13.4. The van der Waals surface area contributed by atoms with E-state index >= 15 is 0 Å². The van der Waals surface area contributed by atoms with Gasteiger partial charge < -0.3 is 15.5 Å². The third kappa shape index (κ3) is 54.6. The van der Waals surface area contributed by atoms with Crippen LogP contribution in [0, 0.1) is 0 Å². The Labute approximate surface area is 419 Å². The van der Waals surface area contributed by atoms with Gasteiger partial charge in [-0.1, -0.05) is 286 Å². The fraction of sp³-hybridized carbons (Fsp3) is 0.794. The predicted molar refractivity (Wildman–Crippen MR) is 299 cm³/mol. The molecule has 0 aliphatic heterocycles. The molecule has 4 heteroatoms. The van der Waals surface area contributed by atoms with Gasteiger partial charge in [-0.15, -0.1) is 0 Å². The van der Waals surface area contributed by atoms with E-state index in [1.807, 2.05) is 6.08 Å². The number of carbonyl (C=O) groups excluding carboxylic acids is 1. The number of aliphatic hydroxyl groups is 2. The van der Waals surface area contributed by atoms with Crippen LogP contribution in [0.1, 0.15) is 303 Å². The van der Waals surface area contributed by atoms with E-state index in [1.54, 1.807) is 6.08 Å². The topological polar surface area (TPSA) is 69.6 Å². The Morgan fingerprint density at radius 3 is 0.970 bits per heavy atom. The summed E-state index contributed by atoms with van der Waals surface area (Å²) in [7, 11) is 0. The molecule has 0 aliphatic carbocycles. The van der Waals surface area contributed by atoms with E-state index in [1.165, 1.54) is 231 Å². The molecule has 0 aromatic rings. The van der Waals surface area contributed by atoms with Crippen LogP contribution in [-0.2, 0) is 4.79 Å². The molecule has 0 heterocycles. The maximum Gasteiger partial charge on any atom is 0.220 e. The van der Waals surface area contributed by atoms with Gasteiger partial charge in [0.25, 0.3) is 0 Å². The number of aliphatic hydroxyl groups excluding tert-OH is 2. The van der Waals surface area contributed by atoms with Crippen molar-refractivity contribution in [2.45, 2.75) is 315 Å². The molecule has 0 aromatic heterocycles. The van der Waals surface area contributed by atoms with E-state index in [-0.39, 0.29) is 12.5 Å². The highest BCUT2D eigenvalue weighted by atomic mass is 16.3. The number of nitrogens with one attached hydrogen (secondary N) is 1. The van der Waals surface area contributed by atoms with Crippen LogP contribution in [0.15, 0.2) is 72.9 Å². The standard InChI is InChI=1S/C63H115NO3/c1-3-5-7-9-11-13-15-17-19-21-23-25-26-27-28-29-30-31-32-33-34-35-36-37-38-39-41-43-45-47-49-51-53-55-57-59-63(67)64-61(60-65)62(66)58-56-54-52-50-48-46-44-42-40-24-22-20-18-16-14-12-10-8-6-4-2/h15,17,21,23,26-27,40,42,48,50,56,58,61-62,65-66H,3-14,16,18-20,22,24-25,28-39,41,43-47,49,51-55,57,59-60H2,1-2H3,(H,64,67)/b17-15-,23-21-,27-26-,42-40+,50-48+,58-56+. The van der Waals surface area contributed by atoms with Crippen LogP contribution in [0.25, 0.3) is 0 Å². The molecule has 390 valence electrons. The molecule has 0 aliphatic rings. The fourth-order valence-corrected chi connectivity index (χ4v) is 8.87. The van der Waals surface area contributed by atoms with Crippen LogP contribution < -0.4 is 5.32 Å². The molecule has 4 nitrogen and oxygen atoms in total. The summed E-state index contributed by atoms with van der Waals surface area (Å²) in [6.45, 7) is 4.30. The lowest BCUT2D eigenvalue weighted by Crippen LogP contribution is -2.45. The SMILES string of the molecule is CCCCCCC/C=C\C/C=C\C/C=C\CCCCCCCCCCCCCCCCCCCCCCC(=O)NC(CO)C(O)/C=C/CC/C=C/CC/C=C/CCCCCCCCCCCC. The molecule has 3 N–H and O–H groups in total. The largest absolute Gasteiger partial charge is 0.394 e. The maximum atomic E-state index is 12.5. The van der Waals surface area contributed by atoms with E-state index in [0.717, 1.165) is 51.4 Å². The Kier molecular flexibility index (Phi) is 56.3. The zero-order chi connectivity index (χ0) is 48.5. The van der Waals surface area contributed by atoms with Crippen molar-refractivity contribution in [2.24, 2.45) is 0 Å². The Balaban J connectivity index is 3.50. The first-order chi connectivity index (χ1) is 33.2. The molecule has 0 saturated carbocycles. The highest BCUT2D eigenvalue weighted by Gasteiger charge is 2.18. The minimum atomic E-state index is -0.872. The average molecular weight is 935 g/mol. The average Bonchev–Trinajstić information content (AvgIpc) is 3.33. The summed E-state index contributed by atoms with van der Waals surface area (Å²) >= 11 is 0. The first kappa shape index (κ1) is 64.8. The number of rotatable bonds is 54. The second kappa shape index (κ2) is 58.1. The molecule has 0 rings (SSSR count). The zero-order valence-electron chi connectivity index (χ0n) is 44.9. The summed E-state index contributed by atoms with van der Waals surface area (Å²) in [5, 5.41) is 23.1. The molecular formula is C63H115NO3. The van der Waals surface area contributed by atoms with E-state index in [4.69, 9.17) is 0 Å². The number of allylic oxidation sites excluding steroid dienone is 11. The van der Waals surface area contributed by atoms with Gasteiger partial charge in [-0.3, -0.25) is 4.79 Å². The molecule has 0 aromatic carbocycles. The van der Waals surface area contributed by atoms with Gasteiger partial charge in [0.05, 0.1) is 18.8 Å². The van der Waals surface area contributed by atoms with Crippen LogP contribution in [0.4, 0.5) is 0 Å². The minimum absolute atomic E-state index is 0.0753. The number of carbonyl (C=O) groups is 1. The molecule has 0 radical (unpaired) electrons. The van der Waals surface area contributed by atoms with Crippen molar-refractivity contribution in [3.8, 4) is 0 Å². The molecule has 0 saturated heterocycles. The maximum absolute atomic E-state index is 12.5. The van der Waals surface area contributed by atoms with Gasteiger partial charge in [-0.05, 0) is 83.5 Å². The summed E-state index contributed by atoms with van der Waals surface area (Å²) in [4.78, 5) is 12.5. The second-order valence-electron chi connectivity index (χ2n) is 20.0. The van der Waals surface area contributed by atoms with Crippen LogP contribution >= 0.6 is 0 Å². The Bertz CT molecular complexity index is 1150. The predicted octanol–water partition coefficient (Wildman–Crippen LogP) is 19.8. The van der Waals surface area contributed by atoms with Crippen molar-refractivity contribution in [2.75, 3.05) is 6.61 Å². The molecule has 2 atom stereocenters. The van der Waals surface area contributed by atoms with Gasteiger partial charge in [-0.25, -0.2) is 0 Å². The van der Waals surface area contributed by atoms with Crippen molar-refractivity contribution in [1.29, 1.82) is 0 Å². The number of hydrogen-bond acceptors (Lipinski definition) is 3. The van der Waals surface area contributed by atoms with E-state index in [0.29, 0.717) is 6.42 Å². The number of amides is 1. The van der Waals surface area contributed by atoms with Gasteiger partial charge in [0.1, 0.15) is 0 Å². The van der Waals surface area contributed by atoms with Crippen molar-refractivity contribution in [1.82, 2.24) is 5.32 Å². The Hall–Kier alpha value is -2.17. The van der Waals surface area contributed by atoms with Gasteiger partial charge in [0.2, 0.25) is 5.91 Å². The lowest BCUT2D eigenvalue weighted by molar-refractivity contribution is -0.123. The monoisotopic (exact) mass is 934 g/mol. The summed E-state index contributed by atoms with van der Waals surface area (Å²) in [5.41, 5.74) is 0. The van der Waals surface area contributed by atoms with Crippen molar-refractivity contribution < 1.29 is 15.0 Å².